The van der Waals surface area contributed by atoms with Crippen LogP contribution in [0.25, 0.3) is 6.08 Å². The second-order valence-electron chi connectivity index (χ2n) is 4.61. The number of hydrogen-bond acceptors (Lipinski definition) is 2. The van der Waals surface area contributed by atoms with Crippen LogP contribution < -0.4 is 11.1 Å². The number of carbonyl (C=O) groups excluding carboxylic acids is 2. The molecule has 2 aromatic carbocycles. The van der Waals surface area contributed by atoms with E-state index in [0.29, 0.717) is 5.56 Å². The van der Waals surface area contributed by atoms with Gasteiger partial charge in [0.05, 0.1) is 0 Å². The fraction of sp³-hybridized carbons (Fsp3) is 0.0588. The number of rotatable bonds is 5. The van der Waals surface area contributed by atoms with E-state index in [1.165, 1.54) is 6.08 Å². The number of nitrogens with one attached hydrogen (secondary N) is 1. The lowest BCUT2D eigenvalue weighted by Crippen LogP contribution is -2.36. The van der Waals surface area contributed by atoms with Gasteiger partial charge >= 0.3 is 0 Å². The van der Waals surface area contributed by atoms with Crippen LogP contribution >= 0.6 is 15.9 Å². The second kappa shape index (κ2) is 7.56. The summed E-state index contributed by atoms with van der Waals surface area (Å²) in [5.74, 6) is -0.989. The Kier molecular flexibility index (Phi) is 5.49. The molecule has 0 heterocycles. The summed E-state index contributed by atoms with van der Waals surface area (Å²) in [6.45, 7) is 0. The molecule has 0 aliphatic heterocycles. The van der Waals surface area contributed by atoms with Crippen LogP contribution in [0.3, 0.4) is 0 Å². The van der Waals surface area contributed by atoms with Crippen molar-refractivity contribution in [1.29, 1.82) is 0 Å². The van der Waals surface area contributed by atoms with Crippen molar-refractivity contribution >= 4 is 33.8 Å². The fourth-order valence-corrected chi connectivity index (χ4v) is 2.35. The molecule has 0 spiro atoms. The van der Waals surface area contributed by atoms with Crippen LogP contribution in [-0.4, -0.2) is 11.8 Å². The number of halogens is 1. The minimum absolute atomic E-state index is 0.386. The molecule has 0 fully saturated rings. The number of nitrogens with two attached hydrogens (primary N) is 1. The predicted molar refractivity (Wildman–Crippen MR) is 89.7 cm³/mol. The highest BCUT2D eigenvalue weighted by atomic mass is 79.9. The molecule has 2 rings (SSSR count). The summed E-state index contributed by atoms with van der Waals surface area (Å²) in [5.41, 5.74) is 6.88. The maximum atomic E-state index is 12.0. The van der Waals surface area contributed by atoms with Gasteiger partial charge in [0.1, 0.15) is 6.04 Å². The monoisotopic (exact) mass is 358 g/mol. The lowest BCUT2D eigenvalue weighted by molar-refractivity contribution is -0.125. The number of carbonyl (C=O) groups is 2. The van der Waals surface area contributed by atoms with Gasteiger partial charge in [-0.05, 0) is 23.3 Å². The normalized spacial score (nSPS) is 12.0. The highest BCUT2D eigenvalue weighted by Crippen LogP contribution is 2.17. The van der Waals surface area contributed by atoms with Crippen molar-refractivity contribution in [3.63, 3.8) is 0 Å². The Morgan fingerprint density at radius 1 is 1.05 bits per heavy atom. The molecule has 112 valence electrons. The van der Waals surface area contributed by atoms with Crippen molar-refractivity contribution in [3.05, 3.63) is 76.3 Å². The molecule has 0 saturated heterocycles. The van der Waals surface area contributed by atoms with Gasteiger partial charge in [-0.15, -0.1) is 0 Å². The van der Waals surface area contributed by atoms with Gasteiger partial charge in [-0.3, -0.25) is 9.59 Å². The van der Waals surface area contributed by atoms with E-state index in [0.717, 1.165) is 10.0 Å². The van der Waals surface area contributed by atoms with Crippen LogP contribution in [0.15, 0.2) is 65.1 Å². The summed E-state index contributed by atoms with van der Waals surface area (Å²) in [6.07, 6.45) is 3.04. The van der Waals surface area contributed by atoms with Crippen molar-refractivity contribution in [2.75, 3.05) is 0 Å². The van der Waals surface area contributed by atoms with Crippen LogP contribution in [0.1, 0.15) is 17.2 Å². The number of hydrogen-bond donors (Lipinski definition) is 2. The highest BCUT2D eigenvalue weighted by molar-refractivity contribution is 9.10. The average Bonchev–Trinajstić information content (AvgIpc) is 2.52. The van der Waals surface area contributed by atoms with Crippen molar-refractivity contribution in [3.8, 4) is 0 Å². The molecule has 0 radical (unpaired) electrons. The second-order valence-corrected chi connectivity index (χ2v) is 5.46. The van der Waals surface area contributed by atoms with Crippen molar-refractivity contribution in [2.24, 2.45) is 5.73 Å². The molecule has 0 saturated carbocycles. The molecule has 22 heavy (non-hydrogen) atoms. The standard InChI is InChI=1S/C17H15BrN2O2/c18-14-9-5-4-6-12(14)10-11-15(21)20-16(17(19)22)13-7-2-1-3-8-13/h1-11,16H,(H2,19,22)(H,20,21)/b11-10+. The Bertz CT molecular complexity index is 699. The summed E-state index contributed by atoms with van der Waals surface area (Å²) >= 11 is 3.40. The minimum Gasteiger partial charge on any atom is -0.368 e. The van der Waals surface area contributed by atoms with E-state index in [4.69, 9.17) is 5.73 Å². The molecule has 3 N–H and O–H groups in total. The Balaban J connectivity index is 2.10. The number of benzene rings is 2. The predicted octanol–water partition coefficient (Wildman–Crippen LogP) is 2.81. The van der Waals surface area contributed by atoms with Gasteiger partial charge in [0.2, 0.25) is 11.8 Å². The SMILES string of the molecule is NC(=O)C(NC(=O)/C=C/c1ccccc1Br)c1ccccc1. The van der Waals surface area contributed by atoms with Crippen molar-refractivity contribution in [2.45, 2.75) is 6.04 Å². The average molecular weight is 359 g/mol. The Morgan fingerprint density at radius 2 is 1.68 bits per heavy atom. The van der Waals surface area contributed by atoms with E-state index >= 15 is 0 Å². The van der Waals surface area contributed by atoms with Gasteiger partial charge in [0.15, 0.2) is 0 Å². The molecule has 2 amide bonds. The third-order valence-corrected chi connectivity index (χ3v) is 3.75. The number of primary amides is 1. The van der Waals surface area contributed by atoms with Gasteiger partial charge in [-0.2, -0.15) is 0 Å². The van der Waals surface area contributed by atoms with Crippen LogP contribution in [0.5, 0.6) is 0 Å². The molecule has 2 aromatic rings. The first-order valence-corrected chi connectivity index (χ1v) is 7.44. The molecule has 5 heteroatoms. The summed E-state index contributed by atoms with van der Waals surface area (Å²) in [5, 5.41) is 2.61. The van der Waals surface area contributed by atoms with Gasteiger partial charge in [0.25, 0.3) is 0 Å². The quantitative estimate of drug-likeness (QED) is 0.806. The van der Waals surface area contributed by atoms with E-state index in [-0.39, 0.29) is 5.91 Å². The molecular formula is C17H15BrN2O2. The molecule has 0 aliphatic rings. The zero-order valence-corrected chi connectivity index (χ0v) is 13.3. The van der Waals surface area contributed by atoms with E-state index in [1.807, 2.05) is 30.3 Å². The molecule has 0 bridgehead atoms. The van der Waals surface area contributed by atoms with Crippen LogP contribution in [0.2, 0.25) is 0 Å². The Morgan fingerprint density at radius 3 is 2.32 bits per heavy atom. The van der Waals surface area contributed by atoms with E-state index in [1.54, 1.807) is 30.3 Å². The largest absolute Gasteiger partial charge is 0.368 e. The smallest absolute Gasteiger partial charge is 0.244 e. The zero-order valence-electron chi connectivity index (χ0n) is 11.7. The van der Waals surface area contributed by atoms with Gasteiger partial charge < -0.3 is 11.1 Å². The minimum atomic E-state index is -0.849. The third kappa shape index (κ3) is 4.30. The van der Waals surface area contributed by atoms with Crippen LogP contribution in [-0.2, 0) is 9.59 Å². The topological polar surface area (TPSA) is 72.2 Å². The van der Waals surface area contributed by atoms with Gasteiger partial charge in [-0.25, -0.2) is 0 Å². The van der Waals surface area contributed by atoms with Crippen molar-refractivity contribution in [1.82, 2.24) is 5.32 Å². The summed E-state index contributed by atoms with van der Waals surface area (Å²) in [6, 6.07) is 15.6. The van der Waals surface area contributed by atoms with Gasteiger partial charge in [-0.1, -0.05) is 64.5 Å². The van der Waals surface area contributed by atoms with E-state index in [9.17, 15) is 9.59 Å². The first-order valence-electron chi connectivity index (χ1n) is 6.65. The first-order chi connectivity index (χ1) is 10.6. The maximum absolute atomic E-state index is 12.0. The number of amides is 2. The van der Waals surface area contributed by atoms with E-state index in [2.05, 4.69) is 21.2 Å². The van der Waals surface area contributed by atoms with Crippen LogP contribution in [0, 0.1) is 0 Å². The Hall–Kier alpha value is -2.40. The molecule has 1 unspecified atom stereocenters. The molecular weight excluding hydrogens is 344 g/mol. The highest BCUT2D eigenvalue weighted by Gasteiger charge is 2.18. The fourth-order valence-electron chi connectivity index (χ4n) is 1.93. The summed E-state index contributed by atoms with van der Waals surface area (Å²) in [4.78, 5) is 23.5. The van der Waals surface area contributed by atoms with Crippen molar-refractivity contribution < 1.29 is 9.59 Å². The molecule has 0 aromatic heterocycles. The Labute approximate surface area is 137 Å². The molecule has 4 nitrogen and oxygen atoms in total. The lowest BCUT2D eigenvalue weighted by atomic mass is 10.1. The molecule has 1 atom stereocenters. The molecule has 0 aliphatic carbocycles. The van der Waals surface area contributed by atoms with Crippen LogP contribution in [0.4, 0.5) is 0 Å². The lowest BCUT2D eigenvalue weighted by Gasteiger charge is -2.14. The maximum Gasteiger partial charge on any atom is 0.244 e. The first kappa shape index (κ1) is 16.0. The van der Waals surface area contributed by atoms with E-state index < -0.39 is 11.9 Å². The summed E-state index contributed by atoms with van der Waals surface area (Å²) < 4.78 is 0.883. The summed E-state index contributed by atoms with van der Waals surface area (Å²) in [7, 11) is 0. The zero-order chi connectivity index (χ0) is 15.9. The van der Waals surface area contributed by atoms with Gasteiger partial charge in [0, 0.05) is 10.5 Å². The third-order valence-electron chi connectivity index (χ3n) is 3.02.